The van der Waals surface area contributed by atoms with Crippen LogP contribution in [0.4, 0.5) is 0 Å². The van der Waals surface area contributed by atoms with Gasteiger partial charge in [0.05, 0.1) is 6.10 Å². The van der Waals surface area contributed by atoms with Gasteiger partial charge in [-0.05, 0) is 31.4 Å². The van der Waals surface area contributed by atoms with E-state index in [1.807, 2.05) is 24.3 Å². The van der Waals surface area contributed by atoms with Gasteiger partial charge < -0.3 is 10.8 Å². The number of thiocarbonyl (C=S) groups is 1. The highest BCUT2D eigenvalue weighted by atomic mass is 32.1. The third kappa shape index (κ3) is 4.50. The number of nitrogens with zero attached hydrogens (tertiary/aromatic N) is 1. The molecule has 3 nitrogen and oxygen atoms in total. The van der Waals surface area contributed by atoms with Crippen LogP contribution in [0.15, 0.2) is 24.3 Å². The molecule has 1 aliphatic heterocycles. The van der Waals surface area contributed by atoms with Gasteiger partial charge in [0.15, 0.2) is 0 Å². The van der Waals surface area contributed by atoms with Gasteiger partial charge in [-0.2, -0.15) is 0 Å². The Morgan fingerprint density at radius 2 is 2.10 bits per heavy atom. The van der Waals surface area contributed by atoms with E-state index in [1.54, 1.807) is 0 Å². The zero-order valence-electron chi connectivity index (χ0n) is 12.8. The topological polar surface area (TPSA) is 49.5 Å². The average Bonchev–Trinajstić information content (AvgIpc) is 2.49. The Balaban J connectivity index is 1.98. The number of nitrogens with two attached hydrogens (primary N) is 1. The van der Waals surface area contributed by atoms with Crippen molar-refractivity contribution >= 4 is 17.2 Å². The van der Waals surface area contributed by atoms with Crippen LogP contribution in [0.2, 0.25) is 0 Å². The summed E-state index contributed by atoms with van der Waals surface area (Å²) in [6.07, 6.45) is 5.82. The van der Waals surface area contributed by atoms with Crippen molar-refractivity contribution in [2.24, 2.45) is 5.73 Å². The summed E-state index contributed by atoms with van der Waals surface area (Å²) in [4.78, 5) is 2.86. The Kier molecular flexibility index (Phi) is 6.15. The lowest BCUT2D eigenvalue weighted by atomic mass is 9.97. The monoisotopic (exact) mass is 306 g/mol. The largest absolute Gasteiger partial charge is 0.389 e. The first-order chi connectivity index (χ1) is 10.1. The van der Waals surface area contributed by atoms with Gasteiger partial charge in [-0.1, -0.05) is 56.2 Å². The first kappa shape index (κ1) is 16.4. The second-order valence-electron chi connectivity index (χ2n) is 5.94. The molecule has 2 atom stereocenters. The molecule has 2 rings (SSSR count). The molecule has 1 aromatic carbocycles. The van der Waals surface area contributed by atoms with Crippen LogP contribution in [-0.2, 0) is 0 Å². The number of rotatable bonds is 6. The highest BCUT2D eigenvalue weighted by Gasteiger charge is 2.24. The second kappa shape index (κ2) is 7.87. The van der Waals surface area contributed by atoms with Crippen molar-refractivity contribution < 1.29 is 5.11 Å². The summed E-state index contributed by atoms with van der Waals surface area (Å²) in [5.74, 6) is 0. The van der Waals surface area contributed by atoms with Gasteiger partial charge in [0.25, 0.3) is 0 Å². The number of piperidine rings is 1. The number of aliphatic hydroxyl groups excluding tert-OH is 1. The predicted molar refractivity (Wildman–Crippen MR) is 91.4 cm³/mol. The molecule has 3 N–H and O–H groups in total. The molecule has 0 bridgehead atoms. The fourth-order valence-corrected chi connectivity index (χ4v) is 3.29. The Bertz CT molecular complexity index is 458. The molecule has 0 aliphatic carbocycles. The maximum absolute atomic E-state index is 10.5. The molecule has 1 aliphatic rings. The minimum Gasteiger partial charge on any atom is -0.389 e. The zero-order valence-corrected chi connectivity index (χ0v) is 13.6. The molecular weight excluding hydrogens is 280 g/mol. The van der Waals surface area contributed by atoms with E-state index >= 15 is 0 Å². The van der Waals surface area contributed by atoms with E-state index in [9.17, 15) is 5.11 Å². The van der Waals surface area contributed by atoms with E-state index in [1.165, 1.54) is 32.1 Å². The van der Waals surface area contributed by atoms with Gasteiger partial charge >= 0.3 is 0 Å². The van der Waals surface area contributed by atoms with E-state index in [0.29, 0.717) is 11.0 Å². The van der Waals surface area contributed by atoms with Gasteiger partial charge in [0.1, 0.15) is 4.99 Å². The Morgan fingerprint density at radius 1 is 1.38 bits per heavy atom. The van der Waals surface area contributed by atoms with Crippen molar-refractivity contribution in [2.45, 2.75) is 51.2 Å². The van der Waals surface area contributed by atoms with E-state index in [-0.39, 0.29) is 0 Å². The minimum absolute atomic E-state index is 0.398. The smallest absolute Gasteiger partial charge is 0.103 e. The molecule has 0 saturated carbocycles. The Morgan fingerprint density at radius 3 is 2.71 bits per heavy atom. The number of hydrogen-bond acceptors (Lipinski definition) is 3. The van der Waals surface area contributed by atoms with Gasteiger partial charge in [0.2, 0.25) is 0 Å². The second-order valence-corrected chi connectivity index (χ2v) is 6.38. The fourth-order valence-electron chi connectivity index (χ4n) is 3.16. The molecule has 1 heterocycles. The third-order valence-corrected chi connectivity index (χ3v) is 4.59. The van der Waals surface area contributed by atoms with Crippen LogP contribution in [-0.4, -0.2) is 34.1 Å². The van der Waals surface area contributed by atoms with Crippen molar-refractivity contribution in [1.29, 1.82) is 0 Å². The van der Waals surface area contributed by atoms with Crippen LogP contribution >= 0.6 is 12.2 Å². The summed E-state index contributed by atoms with van der Waals surface area (Å²) in [6.45, 7) is 4.06. The van der Waals surface area contributed by atoms with Crippen LogP contribution < -0.4 is 5.73 Å². The van der Waals surface area contributed by atoms with Gasteiger partial charge in [-0.3, -0.25) is 4.90 Å². The van der Waals surface area contributed by atoms with Gasteiger partial charge in [-0.15, -0.1) is 0 Å². The quantitative estimate of drug-likeness (QED) is 0.793. The van der Waals surface area contributed by atoms with E-state index in [4.69, 9.17) is 18.0 Å². The Labute approximate surface area is 133 Å². The normalized spacial score (nSPS) is 21.1. The fraction of sp³-hybridized carbons (Fsp3) is 0.588. The lowest BCUT2D eigenvalue weighted by molar-refractivity contribution is 0.0635. The van der Waals surface area contributed by atoms with Crippen molar-refractivity contribution in [1.82, 2.24) is 4.90 Å². The number of hydrogen-bond donors (Lipinski definition) is 2. The number of aliphatic hydroxyl groups is 1. The number of benzene rings is 1. The molecule has 0 radical (unpaired) electrons. The summed E-state index contributed by atoms with van der Waals surface area (Å²) < 4.78 is 0. The number of likely N-dealkylation sites (tertiary alicyclic amines) is 1. The maximum Gasteiger partial charge on any atom is 0.103 e. The lowest BCUT2D eigenvalue weighted by Crippen LogP contribution is -2.41. The van der Waals surface area contributed by atoms with Crippen molar-refractivity contribution in [3.8, 4) is 0 Å². The molecule has 116 valence electrons. The molecule has 1 fully saturated rings. The standard InChI is InChI=1S/C17H26N2OS/c1-2-5-15-6-3-4-11-19(15)12-16(20)13-7-9-14(10-8-13)17(18)21/h7-10,15-16,20H,2-6,11-12H2,1H3,(H2,18,21). The van der Waals surface area contributed by atoms with Crippen molar-refractivity contribution in [3.05, 3.63) is 35.4 Å². The van der Waals surface area contributed by atoms with E-state index < -0.39 is 6.10 Å². The van der Waals surface area contributed by atoms with Crippen LogP contribution in [0, 0.1) is 0 Å². The zero-order chi connectivity index (χ0) is 15.2. The van der Waals surface area contributed by atoms with Gasteiger partial charge in [0, 0.05) is 18.2 Å². The third-order valence-electron chi connectivity index (χ3n) is 4.36. The molecular formula is C17H26N2OS. The molecule has 1 aromatic rings. The van der Waals surface area contributed by atoms with Crippen molar-refractivity contribution in [2.75, 3.05) is 13.1 Å². The first-order valence-electron chi connectivity index (χ1n) is 7.93. The molecule has 0 amide bonds. The van der Waals surface area contributed by atoms with Gasteiger partial charge in [-0.25, -0.2) is 0 Å². The predicted octanol–water partition coefficient (Wildman–Crippen LogP) is 3.01. The number of β-amino-alcohol motifs (C(OH)–C–C–N with tert-alkyl or cyclic N) is 1. The molecule has 0 spiro atoms. The van der Waals surface area contributed by atoms with Crippen LogP contribution in [0.3, 0.4) is 0 Å². The van der Waals surface area contributed by atoms with Crippen LogP contribution in [0.25, 0.3) is 0 Å². The lowest BCUT2D eigenvalue weighted by Gasteiger charge is -2.37. The Hall–Kier alpha value is -0.970. The summed E-state index contributed by atoms with van der Waals surface area (Å²) in [6, 6.07) is 8.27. The molecule has 1 saturated heterocycles. The molecule has 0 aromatic heterocycles. The van der Waals surface area contributed by atoms with Crippen LogP contribution in [0.1, 0.15) is 56.3 Å². The van der Waals surface area contributed by atoms with E-state index in [2.05, 4.69) is 11.8 Å². The molecule has 21 heavy (non-hydrogen) atoms. The summed E-state index contributed by atoms with van der Waals surface area (Å²) in [7, 11) is 0. The maximum atomic E-state index is 10.5. The molecule has 4 heteroatoms. The summed E-state index contributed by atoms with van der Waals surface area (Å²) in [5.41, 5.74) is 7.39. The molecule has 2 unspecified atom stereocenters. The van der Waals surface area contributed by atoms with Crippen LogP contribution in [0.5, 0.6) is 0 Å². The highest BCUT2D eigenvalue weighted by molar-refractivity contribution is 7.80. The van der Waals surface area contributed by atoms with Crippen molar-refractivity contribution in [3.63, 3.8) is 0 Å². The highest BCUT2D eigenvalue weighted by Crippen LogP contribution is 2.24. The summed E-state index contributed by atoms with van der Waals surface area (Å²) in [5, 5.41) is 10.5. The first-order valence-corrected chi connectivity index (χ1v) is 8.34. The van der Waals surface area contributed by atoms with E-state index in [0.717, 1.165) is 24.2 Å². The summed E-state index contributed by atoms with van der Waals surface area (Å²) >= 11 is 4.95. The average molecular weight is 306 g/mol. The minimum atomic E-state index is -0.442. The SMILES string of the molecule is CCCC1CCCCN1CC(O)c1ccc(C(N)=S)cc1.